The van der Waals surface area contributed by atoms with E-state index in [1.54, 1.807) is 42.7 Å². The van der Waals surface area contributed by atoms with Crippen LogP contribution in [-0.4, -0.2) is 51.0 Å². The van der Waals surface area contributed by atoms with Gasteiger partial charge in [0, 0.05) is 25.0 Å². The van der Waals surface area contributed by atoms with E-state index in [0.717, 1.165) is 24.2 Å². The van der Waals surface area contributed by atoms with Crippen LogP contribution in [0.5, 0.6) is 0 Å². The maximum Gasteiger partial charge on any atom is 0.269 e. The first-order valence-corrected chi connectivity index (χ1v) is 12.7. The van der Waals surface area contributed by atoms with Crippen LogP contribution in [0, 0.1) is 12.8 Å². The maximum atomic E-state index is 13.4. The summed E-state index contributed by atoms with van der Waals surface area (Å²) in [4.78, 5) is 4.66. The second kappa shape index (κ2) is 7.34. The van der Waals surface area contributed by atoms with Gasteiger partial charge in [0.05, 0.1) is 29.8 Å². The molecule has 2 atom stereocenters. The highest BCUT2D eigenvalue weighted by atomic mass is 32.2. The Kier molecular flexibility index (Phi) is 4.62. The van der Waals surface area contributed by atoms with E-state index in [1.165, 1.54) is 3.97 Å². The van der Waals surface area contributed by atoms with Crippen LogP contribution >= 0.6 is 0 Å². The first-order chi connectivity index (χ1) is 15.9. The van der Waals surface area contributed by atoms with Crippen molar-refractivity contribution in [3.8, 4) is 0 Å². The number of aryl methyl sites for hydroxylation is 1. The van der Waals surface area contributed by atoms with E-state index in [9.17, 15) is 8.42 Å². The number of rotatable bonds is 4. The molecule has 2 fully saturated rings. The molecule has 1 spiro atoms. The van der Waals surface area contributed by atoms with Crippen molar-refractivity contribution in [3.63, 3.8) is 0 Å². The molecule has 0 bridgehead atoms. The number of hydrogen-bond acceptors (Lipinski definition) is 7. The van der Waals surface area contributed by atoms with Gasteiger partial charge in [-0.1, -0.05) is 31.0 Å². The minimum Gasteiger partial charge on any atom is -0.347 e. The van der Waals surface area contributed by atoms with Crippen LogP contribution in [0.25, 0.3) is 16.8 Å². The molecule has 6 rings (SSSR count). The van der Waals surface area contributed by atoms with Crippen molar-refractivity contribution in [2.75, 3.05) is 13.2 Å². The van der Waals surface area contributed by atoms with E-state index in [1.807, 2.05) is 11.3 Å². The molecule has 33 heavy (non-hydrogen) atoms. The molecule has 2 aliphatic rings. The van der Waals surface area contributed by atoms with Gasteiger partial charge in [0.15, 0.2) is 17.1 Å². The van der Waals surface area contributed by atoms with Gasteiger partial charge in [0.25, 0.3) is 10.0 Å². The van der Waals surface area contributed by atoms with Gasteiger partial charge in [-0.05, 0) is 31.0 Å². The molecule has 10 heteroatoms. The van der Waals surface area contributed by atoms with Gasteiger partial charge in [0.1, 0.15) is 5.82 Å². The fourth-order valence-electron chi connectivity index (χ4n) is 5.30. The first kappa shape index (κ1) is 20.8. The minimum absolute atomic E-state index is 0.0887. The standard InChI is InChI=1S/C23H25N5O4S/c1-3-16-12-23(31-10-11-32-23)13-18(16)21-26-25-20-14-24-22-19(28(20)21)8-9-27(22)33(29,30)17-6-4-15(2)5-7-17/h4-9,14,16,18H,3,10-13H2,1-2H3/t16-,18+/m1/s1. The summed E-state index contributed by atoms with van der Waals surface area (Å²) in [7, 11) is -3.80. The summed E-state index contributed by atoms with van der Waals surface area (Å²) in [5.41, 5.74) is 2.59. The van der Waals surface area contributed by atoms with E-state index < -0.39 is 15.8 Å². The Morgan fingerprint density at radius 3 is 2.58 bits per heavy atom. The number of nitrogens with zero attached hydrogens (tertiary/aromatic N) is 5. The average molecular weight is 468 g/mol. The summed E-state index contributed by atoms with van der Waals surface area (Å²) >= 11 is 0. The van der Waals surface area contributed by atoms with Crippen LogP contribution in [0.4, 0.5) is 0 Å². The maximum absolute atomic E-state index is 13.4. The largest absolute Gasteiger partial charge is 0.347 e. The molecule has 1 aromatic carbocycles. The Bertz CT molecular complexity index is 1450. The van der Waals surface area contributed by atoms with Crippen molar-refractivity contribution in [2.45, 2.75) is 49.7 Å². The Hall–Kier alpha value is -2.82. The van der Waals surface area contributed by atoms with Crippen molar-refractivity contribution in [1.29, 1.82) is 0 Å². The lowest BCUT2D eigenvalue weighted by Crippen LogP contribution is -2.26. The number of aromatic nitrogens is 5. The molecule has 9 nitrogen and oxygen atoms in total. The third-order valence-corrected chi connectivity index (χ3v) is 8.66. The van der Waals surface area contributed by atoms with Crippen LogP contribution in [-0.2, 0) is 19.5 Å². The SMILES string of the molecule is CC[C@@H]1CC2(C[C@@H]1c1nnc3cnc4c(ccn4S(=O)(=O)c4ccc(C)cc4)n13)OCCO2. The van der Waals surface area contributed by atoms with Gasteiger partial charge in [-0.3, -0.25) is 4.40 Å². The fraction of sp³-hybridized carbons (Fsp3) is 0.435. The molecule has 1 aliphatic heterocycles. The van der Waals surface area contributed by atoms with Crippen molar-refractivity contribution in [1.82, 2.24) is 23.6 Å². The summed E-state index contributed by atoms with van der Waals surface area (Å²) in [6.07, 6.45) is 5.62. The Morgan fingerprint density at radius 1 is 1.09 bits per heavy atom. The summed E-state index contributed by atoms with van der Waals surface area (Å²) in [5.74, 6) is 0.665. The molecule has 3 aromatic heterocycles. The van der Waals surface area contributed by atoms with Crippen LogP contribution in [0.1, 0.15) is 43.5 Å². The van der Waals surface area contributed by atoms with Crippen molar-refractivity contribution < 1.29 is 17.9 Å². The Balaban J connectivity index is 1.49. The minimum atomic E-state index is -3.80. The molecule has 0 unspecified atom stereocenters. The lowest BCUT2D eigenvalue weighted by atomic mass is 9.93. The number of hydrogen-bond donors (Lipinski definition) is 0. The lowest BCUT2D eigenvalue weighted by Gasteiger charge is -2.21. The zero-order valence-corrected chi connectivity index (χ0v) is 19.3. The van der Waals surface area contributed by atoms with E-state index in [4.69, 9.17) is 9.47 Å². The van der Waals surface area contributed by atoms with Crippen LogP contribution in [0.2, 0.25) is 0 Å². The summed E-state index contributed by atoms with van der Waals surface area (Å²) in [6, 6.07) is 8.57. The molecule has 1 saturated carbocycles. The second-order valence-corrected chi connectivity index (χ2v) is 10.8. The number of fused-ring (bicyclic) bond motifs is 3. The van der Waals surface area contributed by atoms with E-state index in [-0.39, 0.29) is 10.8 Å². The van der Waals surface area contributed by atoms with E-state index in [2.05, 4.69) is 22.1 Å². The predicted octanol–water partition coefficient (Wildman–Crippen LogP) is 3.27. The average Bonchev–Trinajstić information content (AvgIpc) is 3.59. The van der Waals surface area contributed by atoms with Crippen LogP contribution in [0.15, 0.2) is 47.6 Å². The van der Waals surface area contributed by atoms with Crippen LogP contribution < -0.4 is 0 Å². The molecule has 172 valence electrons. The van der Waals surface area contributed by atoms with E-state index >= 15 is 0 Å². The highest BCUT2D eigenvalue weighted by molar-refractivity contribution is 7.90. The molecule has 4 aromatic rings. The van der Waals surface area contributed by atoms with Crippen molar-refractivity contribution in [2.24, 2.45) is 5.92 Å². The molecule has 1 aliphatic carbocycles. The molecule has 4 heterocycles. The zero-order chi connectivity index (χ0) is 22.8. The summed E-state index contributed by atoms with van der Waals surface area (Å²) in [5, 5.41) is 8.87. The van der Waals surface area contributed by atoms with Crippen LogP contribution in [0.3, 0.4) is 0 Å². The first-order valence-electron chi connectivity index (χ1n) is 11.2. The molecule has 1 saturated heterocycles. The Labute approximate surface area is 191 Å². The topological polar surface area (TPSA) is 101 Å². The molecule has 0 amide bonds. The Morgan fingerprint density at radius 2 is 1.85 bits per heavy atom. The normalized spacial score (nSPS) is 22.7. The van der Waals surface area contributed by atoms with Gasteiger partial charge < -0.3 is 9.47 Å². The van der Waals surface area contributed by atoms with Gasteiger partial charge in [0.2, 0.25) is 0 Å². The quantitative estimate of drug-likeness (QED) is 0.454. The highest BCUT2D eigenvalue weighted by Crippen LogP contribution is 2.50. The number of benzene rings is 1. The lowest BCUT2D eigenvalue weighted by molar-refractivity contribution is -0.153. The third-order valence-electron chi connectivity index (χ3n) is 6.98. The van der Waals surface area contributed by atoms with Gasteiger partial charge in [-0.25, -0.2) is 17.4 Å². The predicted molar refractivity (Wildman–Crippen MR) is 120 cm³/mol. The summed E-state index contributed by atoms with van der Waals surface area (Å²) < 4.78 is 41.9. The molecule has 0 N–H and O–H groups in total. The smallest absolute Gasteiger partial charge is 0.269 e. The number of ether oxygens (including phenoxy) is 2. The fourth-order valence-corrected chi connectivity index (χ4v) is 6.60. The monoisotopic (exact) mass is 467 g/mol. The molecular weight excluding hydrogens is 442 g/mol. The van der Waals surface area contributed by atoms with Gasteiger partial charge in [-0.2, -0.15) is 0 Å². The molecular formula is C23H25N5O4S. The van der Waals surface area contributed by atoms with Crippen molar-refractivity contribution in [3.05, 3.63) is 54.1 Å². The highest BCUT2D eigenvalue weighted by Gasteiger charge is 2.50. The molecule has 0 radical (unpaired) electrons. The van der Waals surface area contributed by atoms with Crippen molar-refractivity contribution >= 4 is 26.8 Å². The second-order valence-electron chi connectivity index (χ2n) is 8.94. The van der Waals surface area contributed by atoms with Gasteiger partial charge in [-0.15, -0.1) is 10.2 Å². The zero-order valence-electron chi connectivity index (χ0n) is 18.5. The van der Waals surface area contributed by atoms with E-state index in [0.29, 0.717) is 42.4 Å². The third kappa shape index (κ3) is 3.12. The van der Waals surface area contributed by atoms with Gasteiger partial charge >= 0.3 is 0 Å². The summed E-state index contributed by atoms with van der Waals surface area (Å²) in [6.45, 7) is 5.30.